The number of amides is 1. The highest BCUT2D eigenvalue weighted by Gasteiger charge is 2.30. The lowest BCUT2D eigenvalue weighted by Crippen LogP contribution is -2.56. The summed E-state index contributed by atoms with van der Waals surface area (Å²) >= 11 is 6.01. The molecular formula is C15H21Cl2N3O. The third-order valence-corrected chi connectivity index (χ3v) is 4.34. The van der Waals surface area contributed by atoms with Gasteiger partial charge in [-0.25, -0.2) is 0 Å². The number of benzene rings is 1. The van der Waals surface area contributed by atoms with E-state index in [0.29, 0.717) is 5.91 Å². The van der Waals surface area contributed by atoms with Crippen LogP contribution >= 0.6 is 24.0 Å². The highest BCUT2D eigenvalue weighted by molar-refractivity contribution is 6.30. The van der Waals surface area contributed by atoms with Crippen molar-refractivity contribution >= 4 is 29.9 Å². The molecule has 0 atom stereocenters. The Hall–Kier alpha value is -0.810. The van der Waals surface area contributed by atoms with Crippen LogP contribution in [-0.4, -0.2) is 55.0 Å². The molecule has 0 bridgehead atoms. The Kier molecular flexibility index (Phi) is 5.88. The summed E-state index contributed by atoms with van der Waals surface area (Å²) in [5.41, 5.74) is 1.24. The Balaban J connectivity index is 0.00000161. The predicted octanol–water partition coefficient (Wildman–Crippen LogP) is 1.63. The zero-order valence-corrected chi connectivity index (χ0v) is 13.5. The molecule has 6 heteroatoms. The summed E-state index contributed by atoms with van der Waals surface area (Å²) in [6, 6.07) is 8.00. The molecule has 0 aromatic heterocycles. The van der Waals surface area contributed by atoms with Gasteiger partial charge in [-0.1, -0.05) is 23.7 Å². The predicted molar refractivity (Wildman–Crippen MR) is 86.9 cm³/mol. The number of rotatable bonds is 3. The van der Waals surface area contributed by atoms with Crippen LogP contribution in [0.25, 0.3) is 0 Å². The molecule has 1 aromatic carbocycles. The summed E-state index contributed by atoms with van der Waals surface area (Å²) in [7, 11) is 0. The number of piperazine rings is 1. The number of hydrogen-bond acceptors (Lipinski definition) is 3. The van der Waals surface area contributed by atoms with Gasteiger partial charge in [0.2, 0.25) is 5.91 Å². The molecular weight excluding hydrogens is 309 g/mol. The van der Waals surface area contributed by atoms with E-state index >= 15 is 0 Å². The second-order valence-electron chi connectivity index (χ2n) is 5.59. The van der Waals surface area contributed by atoms with Gasteiger partial charge in [0.1, 0.15) is 0 Å². The minimum atomic E-state index is 0. The van der Waals surface area contributed by atoms with E-state index in [9.17, 15) is 4.79 Å². The third kappa shape index (κ3) is 4.10. The number of nitrogens with zero attached hydrogens (tertiary/aromatic N) is 2. The quantitative estimate of drug-likeness (QED) is 0.915. The van der Waals surface area contributed by atoms with Crippen LogP contribution < -0.4 is 5.32 Å². The topological polar surface area (TPSA) is 35.6 Å². The molecule has 3 rings (SSSR count). The molecule has 116 valence electrons. The SMILES string of the molecule is Cl.O=C(C1CNC1)N1CCN(Cc2cccc(Cl)c2)CC1. The van der Waals surface area contributed by atoms with Crippen molar-refractivity contribution < 1.29 is 4.79 Å². The minimum absolute atomic E-state index is 0. The van der Waals surface area contributed by atoms with E-state index in [4.69, 9.17) is 11.6 Å². The third-order valence-electron chi connectivity index (χ3n) is 4.11. The van der Waals surface area contributed by atoms with Crippen LogP contribution in [0.5, 0.6) is 0 Å². The van der Waals surface area contributed by atoms with Crippen LogP contribution in [0.2, 0.25) is 5.02 Å². The molecule has 0 aliphatic carbocycles. The Bertz CT molecular complexity index is 486. The average Bonchev–Trinajstić information content (AvgIpc) is 2.37. The first-order chi connectivity index (χ1) is 9.72. The second-order valence-corrected chi connectivity index (χ2v) is 6.02. The van der Waals surface area contributed by atoms with Crippen LogP contribution in [0.4, 0.5) is 0 Å². The zero-order chi connectivity index (χ0) is 13.9. The lowest BCUT2D eigenvalue weighted by molar-refractivity contribution is -0.138. The molecule has 2 saturated heterocycles. The molecule has 2 aliphatic heterocycles. The van der Waals surface area contributed by atoms with Crippen molar-refractivity contribution in [3.8, 4) is 0 Å². The number of nitrogens with one attached hydrogen (secondary N) is 1. The van der Waals surface area contributed by atoms with Crippen LogP contribution in [-0.2, 0) is 11.3 Å². The van der Waals surface area contributed by atoms with Gasteiger partial charge in [0.05, 0.1) is 5.92 Å². The van der Waals surface area contributed by atoms with Gasteiger partial charge in [0.25, 0.3) is 0 Å². The van der Waals surface area contributed by atoms with Crippen molar-refractivity contribution in [2.45, 2.75) is 6.54 Å². The van der Waals surface area contributed by atoms with E-state index in [-0.39, 0.29) is 18.3 Å². The van der Waals surface area contributed by atoms with E-state index in [1.807, 2.05) is 23.1 Å². The van der Waals surface area contributed by atoms with Gasteiger partial charge in [-0.05, 0) is 17.7 Å². The number of carbonyl (C=O) groups excluding carboxylic acids is 1. The largest absolute Gasteiger partial charge is 0.340 e. The first-order valence-electron chi connectivity index (χ1n) is 7.19. The fraction of sp³-hybridized carbons (Fsp3) is 0.533. The molecule has 1 amide bonds. The summed E-state index contributed by atoms with van der Waals surface area (Å²) < 4.78 is 0. The van der Waals surface area contributed by atoms with E-state index in [2.05, 4.69) is 16.3 Å². The molecule has 0 saturated carbocycles. The first kappa shape index (κ1) is 16.6. The molecule has 1 aromatic rings. The fourth-order valence-electron chi connectivity index (χ4n) is 2.74. The number of halogens is 2. The van der Waals surface area contributed by atoms with Gasteiger partial charge in [0, 0.05) is 50.8 Å². The molecule has 2 heterocycles. The Morgan fingerprint density at radius 1 is 1.24 bits per heavy atom. The lowest BCUT2D eigenvalue weighted by Gasteiger charge is -2.38. The summed E-state index contributed by atoms with van der Waals surface area (Å²) in [5, 5.41) is 3.94. The fourth-order valence-corrected chi connectivity index (χ4v) is 2.95. The Morgan fingerprint density at radius 2 is 1.95 bits per heavy atom. The first-order valence-corrected chi connectivity index (χ1v) is 7.56. The van der Waals surface area contributed by atoms with Crippen molar-refractivity contribution in [2.24, 2.45) is 5.92 Å². The smallest absolute Gasteiger partial charge is 0.228 e. The Labute approximate surface area is 136 Å². The molecule has 0 spiro atoms. The summed E-state index contributed by atoms with van der Waals surface area (Å²) in [6.07, 6.45) is 0. The van der Waals surface area contributed by atoms with Crippen molar-refractivity contribution in [3.05, 3.63) is 34.9 Å². The molecule has 1 N–H and O–H groups in total. The van der Waals surface area contributed by atoms with Gasteiger partial charge in [-0.2, -0.15) is 0 Å². The second kappa shape index (κ2) is 7.45. The van der Waals surface area contributed by atoms with E-state index < -0.39 is 0 Å². The van der Waals surface area contributed by atoms with Gasteiger partial charge < -0.3 is 10.2 Å². The highest BCUT2D eigenvalue weighted by atomic mass is 35.5. The van der Waals surface area contributed by atoms with Crippen molar-refractivity contribution in [1.82, 2.24) is 15.1 Å². The van der Waals surface area contributed by atoms with E-state index in [1.165, 1.54) is 5.56 Å². The number of hydrogen-bond donors (Lipinski definition) is 1. The molecule has 2 fully saturated rings. The maximum atomic E-state index is 12.1. The van der Waals surface area contributed by atoms with E-state index in [0.717, 1.165) is 50.8 Å². The molecule has 0 unspecified atom stereocenters. The molecule has 4 nitrogen and oxygen atoms in total. The molecule has 2 aliphatic rings. The Morgan fingerprint density at radius 3 is 2.52 bits per heavy atom. The maximum Gasteiger partial charge on any atom is 0.228 e. The van der Waals surface area contributed by atoms with E-state index in [1.54, 1.807) is 0 Å². The standard InChI is InChI=1S/C15H20ClN3O.ClH/c16-14-3-1-2-12(8-14)11-18-4-6-19(7-5-18)15(20)13-9-17-10-13;/h1-3,8,13,17H,4-7,9-11H2;1H. The molecule has 0 radical (unpaired) electrons. The monoisotopic (exact) mass is 329 g/mol. The minimum Gasteiger partial charge on any atom is -0.340 e. The zero-order valence-electron chi connectivity index (χ0n) is 11.9. The van der Waals surface area contributed by atoms with Gasteiger partial charge >= 0.3 is 0 Å². The summed E-state index contributed by atoms with van der Waals surface area (Å²) in [4.78, 5) is 16.5. The van der Waals surface area contributed by atoms with Crippen LogP contribution in [0, 0.1) is 5.92 Å². The van der Waals surface area contributed by atoms with Crippen LogP contribution in [0.1, 0.15) is 5.56 Å². The summed E-state index contributed by atoms with van der Waals surface area (Å²) in [6.45, 7) is 6.18. The van der Waals surface area contributed by atoms with Crippen molar-refractivity contribution in [1.29, 1.82) is 0 Å². The van der Waals surface area contributed by atoms with Crippen molar-refractivity contribution in [3.63, 3.8) is 0 Å². The maximum absolute atomic E-state index is 12.1. The lowest BCUT2D eigenvalue weighted by atomic mass is 10.0. The van der Waals surface area contributed by atoms with Crippen LogP contribution in [0.3, 0.4) is 0 Å². The normalized spacial score (nSPS) is 19.8. The summed E-state index contributed by atoms with van der Waals surface area (Å²) in [5.74, 6) is 0.542. The molecule has 21 heavy (non-hydrogen) atoms. The number of carbonyl (C=O) groups is 1. The van der Waals surface area contributed by atoms with Gasteiger partial charge in [0.15, 0.2) is 0 Å². The average molecular weight is 330 g/mol. The van der Waals surface area contributed by atoms with Crippen molar-refractivity contribution in [2.75, 3.05) is 39.3 Å². The van der Waals surface area contributed by atoms with Crippen LogP contribution in [0.15, 0.2) is 24.3 Å². The van der Waals surface area contributed by atoms with Gasteiger partial charge in [-0.15, -0.1) is 12.4 Å². The van der Waals surface area contributed by atoms with Gasteiger partial charge in [-0.3, -0.25) is 9.69 Å². The highest BCUT2D eigenvalue weighted by Crippen LogP contribution is 2.15.